The number of alkyl carbamates (subject to hydrolysis) is 1. The molecule has 0 saturated heterocycles. The quantitative estimate of drug-likeness (QED) is 0.211. The summed E-state index contributed by atoms with van der Waals surface area (Å²) in [5, 5.41) is 23.6. The Balaban J connectivity index is 1.76. The van der Waals surface area contributed by atoms with E-state index >= 15 is 0 Å². The Labute approximate surface area is 253 Å². The van der Waals surface area contributed by atoms with Gasteiger partial charge in [-0.1, -0.05) is 88.4 Å². The largest absolute Gasteiger partial charge is 0.445 e. The van der Waals surface area contributed by atoms with Crippen LogP contribution >= 0.6 is 0 Å². The molecule has 0 aliphatic carbocycles. The molecule has 0 saturated carbocycles. The first-order valence-electron chi connectivity index (χ1n) is 14.7. The molecule has 3 rings (SSSR count). The van der Waals surface area contributed by atoms with Crippen molar-refractivity contribution in [2.45, 2.75) is 77.8 Å². The number of nitrogens with one attached hydrogen (secondary N) is 3. The van der Waals surface area contributed by atoms with Crippen molar-refractivity contribution in [1.82, 2.24) is 30.7 Å². The Morgan fingerprint density at radius 1 is 0.814 bits per heavy atom. The predicted octanol–water partition coefficient (Wildman–Crippen LogP) is 3.45. The summed E-state index contributed by atoms with van der Waals surface area (Å²) in [5.74, 6) is -0.390. The monoisotopic (exact) mass is 592 g/mol. The number of benzene rings is 2. The fourth-order valence-electron chi connectivity index (χ4n) is 4.75. The molecular weight excluding hydrogens is 548 g/mol. The van der Waals surface area contributed by atoms with Crippen LogP contribution in [-0.2, 0) is 34.4 Å². The molecule has 4 atom stereocenters. The van der Waals surface area contributed by atoms with Gasteiger partial charge in [0.1, 0.15) is 31.1 Å². The SMILES string of the molecule is CC(C)C[C@H](NC(=O)[C@H](Cc1ccccc1)NC(=O)OCc1ccccc1)C(=O)N[C@@H](CC(C)C)[C@@H](O)c1ncnn1C. The zero-order valence-corrected chi connectivity index (χ0v) is 25.6. The third-order valence-electron chi connectivity index (χ3n) is 6.89. The molecule has 232 valence electrons. The number of aliphatic hydroxyl groups excluding tert-OH is 1. The van der Waals surface area contributed by atoms with E-state index in [-0.39, 0.29) is 24.9 Å². The first-order valence-corrected chi connectivity index (χ1v) is 14.7. The van der Waals surface area contributed by atoms with Crippen molar-refractivity contribution in [3.63, 3.8) is 0 Å². The van der Waals surface area contributed by atoms with Gasteiger partial charge in [0.05, 0.1) is 6.04 Å². The lowest BCUT2D eigenvalue weighted by molar-refractivity contribution is -0.131. The zero-order valence-electron chi connectivity index (χ0n) is 25.6. The highest BCUT2D eigenvalue weighted by atomic mass is 16.5. The summed E-state index contributed by atoms with van der Waals surface area (Å²) in [5.41, 5.74) is 1.65. The molecule has 0 bridgehead atoms. The minimum Gasteiger partial charge on any atom is -0.445 e. The number of ether oxygens (including phenoxy) is 1. The van der Waals surface area contributed by atoms with Crippen LogP contribution in [0.25, 0.3) is 0 Å². The van der Waals surface area contributed by atoms with Gasteiger partial charge in [-0.25, -0.2) is 9.78 Å². The van der Waals surface area contributed by atoms with Crippen LogP contribution in [0.15, 0.2) is 67.0 Å². The van der Waals surface area contributed by atoms with Crippen molar-refractivity contribution in [1.29, 1.82) is 0 Å². The molecular formula is C32H44N6O5. The van der Waals surface area contributed by atoms with Gasteiger partial charge < -0.3 is 25.8 Å². The number of carbonyl (C=O) groups excluding carboxylic acids is 3. The fourth-order valence-corrected chi connectivity index (χ4v) is 4.75. The third-order valence-corrected chi connectivity index (χ3v) is 6.89. The minimum atomic E-state index is -1.10. The minimum absolute atomic E-state index is 0.0514. The molecule has 2 aromatic carbocycles. The van der Waals surface area contributed by atoms with Crippen molar-refractivity contribution < 1.29 is 24.2 Å². The number of nitrogens with zero attached hydrogens (tertiary/aromatic N) is 3. The first kappa shape index (κ1) is 33.3. The lowest BCUT2D eigenvalue weighted by Gasteiger charge is -2.29. The van der Waals surface area contributed by atoms with Gasteiger partial charge in [0.2, 0.25) is 11.8 Å². The molecule has 1 heterocycles. The number of hydrogen-bond acceptors (Lipinski definition) is 7. The Kier molecular flexibility index (Phi) is 12.7. The zero-order chi connectivity index (χ0) is 31.4. The van der Waals surface area contributed by atoms with Gasteiger partial charge in [-0.15, -0.1) is 0 Å². The molecule has 0 aliphatic rings. The number of aryl methyl sites for hydroxylation is 1. The van der Waals surface area contributed by atoms with Crippen LogP contribution in [0, 0.1) is 11.8 Å². The van der Waals surface area contributed by atoms with Crippen molar-refractivity contribution in [2.75, 3.05) is 0 Å². The Morgan fingerprint density at radius 2 is 1.40 bits per heavy atom. The van der Waals surface area contributed by atoms with Crippen molar-refractivity contribution in [3.8, 4) is 0 Å². The smallest absolute Gasteiger partial charge is 0.408 e. The number of rotatable bonds is 15. The maximum Gasteiger partial charge on any atom is 0.408 e. The van der Waals surface area contributed by atoms with E-state index in [1.165, 1.54) is 11.0 Å². The van der Waals surface area contributed by atoms with E-state index in [4.69, 9.17) is 4.74 Å². The van der Waals surface area contributed by atoms with Crippen LogP contribution in [0.5, 0.6) is 0 Å². The van der Waals surface area contributed by atoms with E-state index in [0.717, 1.165) is 11.1 Å². The lowest BCUT2D eigenvalue weighted by atomic mass is 9.96. The van der Waals surface area contributed by atoms with Gasteiger partial charge in [0.15, 0.2) is 5.82 Å². The van der Waals surface area contributed by atoms with Gasteiger partial charge in [0.25, 0.3) is 0 Å². The van der Waals surface area contributed by atoms with Crippen LogP contribution in [-0.4, -0.2) is 55.9 Å². The molecule has 0 unspecified atom stereocenters. The van der Waals surface area contributed by atoms with E-state index in [0.29, 0.717) is 18.7 Å². The number of aromatic nitrogens is 3. The summed E-state index contributed by atoms with van der Waals surface area (Å²) in [6, 6.07) is 16.0. The standard InChI is InChI=1S/C32H44N6O5/c1-21(2)16-25(28(39)29-33-20-34-38(29)5)35-30(40)26(17-22(3)4)36-31(41)27(18-23-12-8-6-9-13-23)37-32(42)43-19-24-14-10-7-11-15-24/h6-15,20-22,25-28,39H,16-19H2,1-5H3,(H,35,40)(H,36,41)(H,37,42)/t25-,26-,27-,28+/m0/s1. The van der Waals surface area contributed by atoms with Crippen LogP contribution < -0.4 is 16.0 Å². The van der Waals surface area contributed by atoms with Crippen molar-refractivity contribution >= 4 is 17.9 Å². The van der Waals surface area contributed by atoms with Gasteiger partial charge in [-0.3, -0.25) is 14.3 Å². The molecule has 11 heteroatoms. The summed E-state index contributed by atoms with van der Waals surface area (Å²) in [4.78, 5) is 44.2. The summed E-state index contributed by atoms with van der Waals surface area (Å²) < 4.78 is 6.84. The number of aliphatic hydroxyl groups is 1. The summed E-state index contributed by atoms with van der Waals surface area (Å²) in [6.07, 6.45) is 0.536. The van der Waals surface area contributed by atoms with E-state index in [9.17, 15) is 19.5 Å². The van der Waals surface area contributed by atoms with Gasteiger partial charge in [-0.2, -0.15) is 5.10 Å². The van der Waals surface area contributed by atoms with E-state index in [2.05, 4.69) is 26.0 Å². The Hall–Kier alpha value is -4.25. The van der Waals surface area contributed by atoms with Gasteiger partial charge in [0, 0.05) is 13.5 Å². The number of amides is 3. The number of hydrogen-bond donors (Lipinski definition) is 4. The fraction of sp³-hybridized carbons (Fsp3) is 0.469. The molecule has 4 N–H and O–H groups in total. The molecule has 0 fully saturated rings. The highest BCUT2D eigenvalue weighted by molar-refractivity contribution is 5.91. The van der Waals surface area contributed by atoms with Crippen molar-refractivity contribution in [3.05, 3.63) is 83.9 Å². The molecule has 3 aromatic rings. The van der Waals surface area contributed by atoms with Crippen LogP contribution in [0.3, 0.4) is 0 Å². The third kappa shape index (κ3) is 10.8. The van der Waals surface area contributed by atoms with Crippen LogP contribution in [0.4, 0.5) is 4.79 Å². The topological polar surface area (TPSA) is 147 Å². The molecule has 0 spiro atoms. The average molecular weight is 593 g/mol. The maximum absolute atomic E-state index is 13.7. The molecule has 0 aliphatic heterocycles. The summed E-state index contributed by atoms with van der Waals surface area (Å²) in [7, 11) is 1.67. The molecule has 3 amide bonds. The number of carbonyl (C=O) groups is 3. The lowest BCUT2D eigenvalue weighted by Crippen LogP contribution is -2.56. The van der Waals surface area contributed by atoms with Gasteiger partial charge in [-0.05, 0) is 35.8 Å². The second kappa shape index (κ2) is 16.4. The highest BCUT2D eigenvalue weighted by Gasteiger charge is 2.32. The molecule has 11 nitrogen and oxygen atoms in total. The maximum atomic E-state index is 13.7. The summed E-state index contributed by atoms with van der Waals surface area (Å²) in [6.45, 7) is 7.94. The second-order valence-corrected chi connectivity index (χ2v) is 11.6. The van der Waals surface area contributed by atoms with E-state index < -0.39 is 42.1 Å². The molecule has 0 radical (unpaired) electrons. The highest BCUT2D eigenvalue weighted by Crippen LogP contribution is 2.20. The molecule has 43 heavy (non-hydrogen) atoms. The Bertz CT molecular complexity index is 1300. The second-order valence-electron chi connectivity index (χ2n) is 11.6. The van der Waals surface area contributed by atoms with E-state index in [1.54, 1.807) is 7.05 Å². The predicted molar refractivity (Wildman–Crippen MR) is 162 cm³/mol. The normalized spacial score (nSPS) is 14.0. The van der Waals surface area contributed by atoms with Gasteiger partial charge >= 0.3 is 6.09 Å². The Morgan fingerprint density at radius 3 is 1.95 bits per heavy atom. The summed E-state index contributed by atoms with van der Waals surface area (Å²) >= 11 is 0. The average Bonchev–Trinajstić information content (AvgIpc) is 3.40. The molecule has 1 aromatic heterocycles. The van der Waals surface area contributed by atoms with Crippen LogP contribution in [0.1, 0.15) is 63.6 Å². The van der Waals surface area contributed by atoms with E-state index in [1.807, 2.05) is 88.4 Å². The van der Waals surface area contributed by atoms with Crippen molar-refractivity contribution in [2.24, 2.45) is 18.9 Å². The first-order chi connectivity index (χ1) is 20.5. The van der Waals surface area contributed by atoms with Crippen LogP contribution in [0.2, 0.25) is 0 Å².